The Hall–Kier alpha value is -5.71. The number of aromatic amines is 2. The number of ether oxygens (including phenoxy) is 1. The van der Waals surface area contributed by atoms with Crippen LogP contribution in [0.5, 0.6) is 0 Å². The number of methoxy groups -OCH3 is 1. The van der Waals surface area contributed by atoms with Gasteiger partial charge in [-0.15, -0.1) is 0 Å². The van der Waals surface area contributed by atoms with E-state index in [0.717, 1.165) is 81.5 Å². The molecule has 56 heavy (non-hydrogen) atoms. The first kappa shape index (κ1) is 38.6. The van der Waals surface area contributed by atoms with Crippen LogP contribution in [-0.4, -0.2) is 87.0 Å². The Morgan fingerprint density at radius 1 is 0.804 bits per heavy atom. The summed E-state index contributed by atoms with van der Waals surface area (Å²) in [6.45, 7) is 9.11. The first-order valence-corrected chi connectivity index (χ1v) is 19.4. The maximum Gasteiger partial charge on any atom is 0.407 e. The molecular weight excluding hydrogens is 709 g/mol. The maximum atomic E-state index is 13.5. The van der Waals surface area contributed by atoms with Crippen LogP contribution in [0.15, 0.2) is 60.8 Å². The Balaban J connectivity index is 1.04. The fourth-order valence-corrected chi connectivity index (χ4v) is 7.87. The number of nitrogens with zero attached hydrogens (tertiary/aromatic N) is 4. The molecule has 0 radical (unpaired) electrons. The van der Waals surface area contributed by atoms with Gasteiger partial charge < -0.3 is 34.7 Å². The van der Waals surface area contributed by atoms with Crippen molar-refractivity contribution in [2.24, 2.45) is 11.8 Å². The number of alkyl carbamates (subject to hydrolysis) is 1. The Bertz CT molecular complexity index is 2280. The maximum absolute atomic E-state index is 13.5. The van der Waals surface area contributed by atoms with Crippen molar-refractivity contribution in [3.63, 3.8) is 0 Å². The lowest BCUT2D eigenvalue weighted by Gasteiger charge is -2.30. The van der Waals surface area contributed by atoms with Crippen LogP contribution in [-0.2, 0) is 19.2 Å². The largest absolute Gasteiger partial charge is 0.453 e. The average molecular weight is 759 g/mol. The predicted molar refractivity (Wildman–Crippen MR) is 214 cm³/mol. The zero-order valence-corrected chi connectivity index (χ0v) is 32.8. The summed E-state index contributed by atoms with van der Waals surface area (Å²) < 4.78 is 4.75. The van der Waals surface area contributed by atoms with Crippen molar-refractivity contribution in [2.45, 2.75) is 77.5 Å². The number of rotatable bonds is 10. The molecule has 4 heterocycles. The fourth-order valence-electron chi connectivity index (χ4n) is 7.87. The standard InChI is InChI=1S/C43H50N8O5/c1-25(2)36(48-43(54)55-5)41(52)50-21-7-9-34(50)39-44-24-33(46-39)29-16-13-27(14-17-29)11-12-28-15-19-31-30(23-28)18-20-32-38(31)47-40(45-32)35-10-8-22-51(35)42(53)37(26(3)4)49-56-6/h13-20,23-26,34-37,49H,7-10,21-22H2,1-6H3,(H,44,46)(H,45,47)(H,48,54)/t34-,35-,36?,37-/m0/s1. The second-order valence-corrected chi connectivity index (χ2v) is 15.3. The first-order valence-electron chi connectivity index (χ1n) is 19.4. The van der Waals surface area contributed by atoms with Crippen LogP contribution in [0.2, 0.25) is 0 Å². The summed E-state index contributed by atoms with van der Waals surface area (Å²) in [7, 11) is 2.83. The number of carbonyl (C=O) groups is 3. The van der Waals surface area contributed by atoms with Gasteiger partial charge in [0.15, 0.2) is 0 Å². The quantitative estimate of drug-likeness (QED) is 0.0943. The van der Waals surface area contributed by atoms with Crippen molar-refractivity contribution >= 4 is 39.7 Å². The van der Waals surface area contributed by atoms with E-state index >= 15 is 0 Å². The van der Waals surface area contributed by atoms with Gasteiger partial charge in [0, 0.05) is 29.6 Å². The van der Waals surface area contributed by atoms with Gasteiger partial charge >= 0.3 is 6.09 Å². The van der Waals surface area contributed by atoms with Crippen molar-refractivity contribution in [1.82, 2.24) is 40.5 Å². The van der Waals surface area contributed by atoms with Gasteiger partial charge in [-0.2, -0.15) is 5.48 Å². The number of amides is 3. The van der Waals surface area contributed by atoms with Crippen molar-refractivity contribution in [2.75, 3.05) is 27.3 Å². The van der Waals surface area contributed by atoms with Crippen LogP contribution in [0.1, 0.15) is 88.2 Å². The molecule has 2 aliphatic heterocycles. The number of hydrogen-bond donors (Lipinski definition) is 4. The first-order chi connectivity index (χ1) is 27.1. The lowest BCUT2D eigenvalue weighted by atomic mass is 10.0. The third kappa shape index (κ3) is 7.85. The van der Waals surface area contributed by atoms with Crippen LogP contribution >= 0.6 is 0 Å². The van der Waals surface area contributed by atoms with E-state index in [-0.39, 0.29) is 35.7 Å². The van der Waals surface area contributed by atoms with Gasteiger partial charge in [-0.25, -0.2) is 14.8 Å². The summed E-state index contributed by atoms with van der Waals surface area (Å²) in [6, 6.07) is 16.9. The zero-order valence-electron chi connectivity index (χ0n) is 32.8. The number of likely N-dealkylation sites (tertiary alicyclic amines) is 2. The van der Waals surface area contributed by atoms with Crippen LogP contribution in [0.4, 0.5) is 4.79 Å². The third-order valence-electron chi connectivity index (χ3n) is 10.9. The number of benzene rings is 3. The average Bonchev–Trinajstić information content (AvgIpc) is 4.03. The molecule has 4 atom stereocenters. The molecule has 1 unspecified atom stereocenters. The molecule has 0 bridgehead atoms. The van der Waals surface area contributed by atoms with Crippen LogP contribution in [0.3, 0.4) is 0 Å². The summed E-state index contributed by atoms with van der Waals surface area (Å²) in [5.74, 6) is 8.00. The molecule has 292 valence electrons. The predicted octanol–water partition coefficient (Wildman–Crippen LogP) is 6.39. The second kappa shape index (κ2) is 16.6. The molecule has 2 aliphatic rings. The molecule has 0 saturated carbocycles. The minimum absolute atomic E-state index is 0.0248. The highest BCUT2D eigenvalue weighted by Crippen LogP contribution is 2.35. The third-order valence-corrected chi connectivity index (χ3v) is 10.9. The number of imidazole rings is 2. The Morgan fingerprint density at radius 2 is 1.45 bits per heavy atom. The molecule has 13 nitrogen and oxygen atoms in total. The monoisotopic (exact) mass is 758 g/mol. The Kier molecular flexibility index (Phi) is 11.4. The van der Waals surface area contributed by atoms with Crippen molar-refractivity contribution < 1.29 is 24.0 Å². The molecule has 0 aliphatic carbocycles. The SMILES string of the molecule is CON[C@H](C(=O)N1CCC[C@H]1c1nc2c(ccc3cc(C#Cc4ccc(-c5cnc([C@@H]6CCCN6C(=O)C(NC(=O)OC)C(C)C)[nH]5)cc4)ccc32)[nH]1)C(C)C. The minimum atomic E-state index is -0.684. The Labute approximate surface area is 326 Å². The van der Waals surface area contributed by atoms with Gasteiger partial charge in [-0.3, -0.25) is 9.59 Å². The summed E-state index contributed by atoms with van der Waals surface area (Å²) in [5.41, 5.74) is 8.28. The van der Waals surface area contributed by atoms with Gasteiger partial charge in [-0.1, -0.05) is 63.8 Å². The van der Waals surface area contributed by atoms with E-state index in [2.05, 4.69) is 55.8 Å². The highest BCUT2D eigenvalue weighted by Gasteiger charge is 2.38. The molecule has 0 spiro atoms. The Morgan fingerprint density at radius 3 is 2.11 bits per heavy atom. The molecule has 5 aromatic rings. The normalized spacial score (nSPS) is 18.1. The van der Waals surface area contributed by atoms with Crippen molar-refractivity contribution in [1.29, 1.82) is 0 Å². The van der Waals surface area contributed by atoms with Crippen LogP contribution < -0.4 is 10.8 Å². The van der Waals surface area contributed by atoms with E-state index in [9.17, 15) is 14.4 Å². The van der Waals surface area contributed by atoms with Crippen LogP contribution in [0, 0.1) is 23.7 Å². The van der Waals surface area contributed by atoms with Gasteiger partial charge in [-0.05, 0) is 78.8 Å². The van der Waals surface area contributed by atoms with E-state index in [1.165, 1.54) is 14.2 Å². The smallest absolute Gasteiger partial charge is 0.407 e. The molecule has 13 heteroatoms. The summed E-state index contributed by atoms with van der Waals surface area (Å²) in [5, 5.41) is 4.76. The van der Waals surface area contributed by atoms with Gasteiger partial charge in [0.25, 0.3) is 0 Å². The molecule has 2 fully saturated rings. The van der Waals surface area contributed by atoms with Crippen LogP contribution in [0.25, 0.3) is 33.1 Å². The van der Waals surface area contributed by atoms with Crippen molar-refractivity contribution in [3.05, 3.63) is 83.6 Å². The molecule has 3 aromatic carbocycles. The molecule has 2 saturated heterocycles. The molecular formula is C43H50N8O5. The number of carbonyl (C=O) groups excluding carboxylic acids is 3. The van der Waals surface area contributed by atoms with E-state index < -0.39 is 18.2 Å². The highest BCUT2D eigenvalue weighted by molar-refractivity contribution is 6.04. The molecule has 3 amide bonds. The number of hydrogen-bond acceptors (Lipinski definition) is 8. The van der Waals surface area contributed by atoms with E-state index in [0.29, 0.717) is 13.1 Å². The topological polar surface area (TPSA) is 158 Å². The van der Waals surface area contributed by atoms with Crippen molar-refractivity contribution in [3.8, 4) is 23.1 Å². The number of H-pyrrole nitrogens is 2. The zero-order chi connectivity index (χ0) is 39.5. The lowest BCUT2D eigenvalue weighted by molar-refractivity contribution is -0.140. The van der Waals surface area contributed by atoms with E-state index in [1.54, 1.807) is 6.20 Å². The number of aromatic nitrogens is 4. The number of nitrogens with one attached hydrogen (secondary N) is 4. The molecule has 7 rings (SSSR count). The number of hydroxylamine groups is 1. The van der Waals surface area contributed by atoms with Gasteiger partial charge in [0.2, 0.25) is 11.8 Å². The van der Waals surface area contributed by atoms with E-state index in [1.807, 2.05) is 73.9 Å². The molecule has 2 aromatic heterocycles. The summed E-state index contributed by atoms with van der Waals surface area (Å²) in [4.78, 5) is 64.5. The van der Waals surface area contributed by atoms with Gasteiger partial charge in [0.05, 0.1) is 49.2 Å². The fraction of sp³-hybridized carbons (Fsp3) is 0.419. The minimum Gasteiger partial charge on any atom is -0.453 e. The lowest BCUT2D eigenvalue weighted by Crippen LogP contribution is -2.51. The molecule has 4 N–H and O–H groups in total. The summed E-state index contributed by atoms with van der Waals surface area (Å²) >= 11 is 0. The summed E-state index contributed by atoms with van der Waals surface area (Å²) in [6.07, 6.45) is 4.58. The second-order valence-electron chi connectivity index (χ2n) is 15.3. The highest BCUT2D eigenvalue weighted by atomic mass is 16.6. The van der Waals surface area contributed by atoms with Gasteiger partial charge in [0.1, 0.15) is 23.7 Å². The number of fused-ring (bicyclic) bond motifs is 3. The van der Waals surface area contributed by atoms with E-state index in [4.69, 9.17) is 14.6 Å².